The van der Waals surface area contributed by atoms with E-state index in [0.29, 0.717) is 31.2 Å². The fourth-order valence-corrected chi connectivity index (χ4v) is 3.98. The predicted molar refractivity (Wildman–Crippen MR) is 112 cm³/mol. The van der Waals surface area contributed by atoms with E-state index in [2.05, 4.69) is 15.1 Å². The highest BCUT2D eigenvalue weighted by Gasteiger charge is 2.35. The predicted octanol–water partition coefficient (Wildman–Crippen LogP) is 3.23. The highest BCUT2D eigenvalue weighted by Crippen LogP contribution is 2.32. The Bertz CT molecular complexity index is 1300. The van der Waals surface area contributed by atoms with Crippen molar-refractivity contribution in [3.05, 3.63) is 64.4 Å². The summed E-state index contributed by atoms with van der Waals surface area (Å²) in [5, 5.41) is 4.11. The molecule has 8 heteroatoms. The molecular formula is C22H21N5O3. The molecule has 0 saturated carbocycles. The van der Waals surface area contributed by atoms with Gasteiger partial charge in [-0.25, -0.2) is 4.79 Å². The second kappa shape index (κ2) is 6.98. The first kappa shape index (κ1) is 18.4. The van der Waals surface area contributed by atoms with Crippen molar-refractivity contribution in [2.45, 2.75) is 32.7 Å². The number of fused-ring (bicyclic) bond motifs is 1. The van der Waals surface area contributed by atoms with Crippen molar-refractivity contribution < 1.29 is 9.32 Å². The zero-order valence-electron chi connectivity index (χ0n) is 16.8. The lowest BCUT2D eigenvalue weighted by molar-refractivity contribution is -0.117. The van der Waals surface area contributed by atoms with Crippen LogP contribution in [0.4, 0.5) is 5.69 Å². The third-order valence-electron chi connectivity index (χ3n) is 5.61. The number of nitrogens with one attached hydrogen (secondary N) is 1. The lowest BCUT2D eigenvalue weighted by Gasteiger charge is -2.16. The maximum Gasteiger partial charge on any atom is 0.326 e. The van der Waals surface area contributed by atoms with E-state index in [1.165, 1.54) is 0 Å². The van der Waals surface area contributed by atoms with Gasteiger partial charge in [-0.05, 0) is 44.2 Å². The molecule has 5 rings (SSSR count). The molecule has 0 aliphatic carbocycles. The molecule has 1 fully saturated rings. The van der Waals surface area contributed by atoms with Crippen molar-refractivity contribution in [3.63, 3.8) is 0 Å². The van der Waals surface area contributed by atoms with E-state index in [4.69, 9.17) is 4.52 Å². The minimum Gasteiger partial charge on any atom is -0.339 e. The molecule has 1 saturated heterocycles. The minimum absolute atomic E-state index is 0.0449. The van der Waals surface area contributed by atoms with E-state index in [-0.39, 0.29) is 17.5 Å². The Morgan fingerprint density at radius 1 is 1.17 bits per heavy atom. The second-order valence-corrected chi connectivity index (χ2v) is 7.60. The summed E-state index contributed by atoms with van der Waals surface area (Å²) in [5.74, 6) is 0.791. The number of amides is 1. The van der Waals surface area contributed by atoms with E-state index in [1.807, 2.05) is 56.3 Å². The summed E-state index contributed by atoms with van der Waals surface area (Å²) >= 11 is 0. The van der Waals surface area contributed by atoms with E-state index in [1.54, 1.807) is 9.47 Å². The number of hydrogen-bond acceptors (Lipinski definition) is 5. The summed E-state index contributed by atoms with van der Waals surface area (Å²) in [4.78, 5) is 33.7. The van der Waals surface area contributed by atoms with E-state index in [9.17, 15) is 9.59 Å². The number of carbonyl (C=O) groups excluding carboxylic acids is 1. The summed E-state index contributed by atoms with van der Waals surface area (Å²) in [7, 11) is 0. The Morgan fingerprint density at radius 3 is 2.73 bits per heavy atom. The maximum absolute atomic E-state index is 12.5. The average molecular weight is 403 g/mol. The van der Waals surface area contributed by atoms with Crippen LogP contribution in [-0.2, 0) is 11.3 Å². The van der Waals surface area contributed by atoms with Gasteiger partial charge < -0.3 is 14.4 Å². The number of aromatic amines is 1. The lowest BCUT2D eigenvalue weighted by Crippen LogP contribution is -2.24. The Kier molecular flexibility index (Phi) is 4.27. The van der Waals surface area contributed by atoms with E-state index in [0.717, 1.165) is 27.8 Å². The molecule has 8 nitrogen and oxygen atoms in total. The Labute approximate surface area is 172 Å². The molecular weight excluding hydrogens is 382 g/mol. The van der Waals surface area contributed by atoms with Gasteiger partial charge in [-0.3, -0.25) is 9.36 Å². The quantitative estimate of drug-likeness (QED) is 0.564. The van der Waals surface area contributed by atoms with Gasteiger partial charge in [0.2, 0.25) is 17.6 Å². The van der Waals surface area contributed by atoms with Gasteiger partial charge in [0.1, 0.15) is 0 Å². The van der Waals surface area contributed by atoms with Crippen LogP contribution in [0.2, 0.25) is 0 Å². The zero-order chi connectivity index (χ0) is 20.8. The van der Waals surface area contributed by atoms with Gasteiger partial charge >= 0.3 is 5.69 Å². The Morgan fingerprint density at radius 2 is 1.97 bits per heavy atom. The van der Waals surface area contributed by atoms with Crippen molar-refractivity contribution in [3.8, 4) is 11.4 Å². The normalized spacial score (nSPS) is 16.7. The molecule has 1 aliphatic heterocycles. The Hall–Kier alpha value is -3.68. The number of hydrogen-bond donors (Lipinski definition) is 1. The van der Waals surface area contributed by atoms with Gasteiger partial charge in [0.05, 0.1) is 17.0 Å². The number of carbonyl (C=O) groups is 1. The van der Waals surface area contributed by atoms with Gasteiger partial charge in [-0.15, -0.1) is 0 Å². The zero-order valence-corrected chi connectivity index (χ0v) is 16.8. The van der Waals surface area contributed by atoms with Crippen LogP contribution in [0.1, 0.15) is 30.7 Å². The molecule has 1 aliphatic rings. The van der Waals surface area contributed by atoms with Crippen molar-refractivity contribution >= 4 is 22.6 Å². The molecule has 0 bridgehead atoms. The van der Waals surface area contributed by atoms with Gasteiger partial charge in [0.25, 0.3) is 0 Å². The number of benzene rings is 2. The first-order valence-electron chi connectivity index (χ1n) is 9.97. The number of H-pyrrole nitrogens is 1. The molecule has 0 unspecified atom stereocenters. The maximum atomic E-state index is 12.5. The largest absolute Gasteiger partial charge is 0.339 e. The van der Waals surface area contributed by atoms with Crippen LogP contribution in [0.3, 0.4) is 0 Å². The standard InChI is InChI=1S/C22H21N5O3/c1-3-26-18-9-6-14(10-17(18)23-22(26)29)20-24-21(30-25-20)15-11-19(28)27(12-15)16-7-4-13(2)5-8-16/h4-10,15H,3,11-12H2,1-2H3,(H,23,29)/t15-/m0/s1. The number of nitrogens with zero attached hydrogens (tertiary/aromatic N) is 4. The van der Waals surface area contributed by atoms with Crippen LogP contribution >= 0.6 is 0 Å². The van der Waals surface area contributed by atoms with Crippen LogP contribution in [-0.4, -0.2) is 32.1 Å². The molecule has 0 spiro atoms. The summed E-state index contributed by atoms with van der Waals surface area (Å²) in [6.45, 7) is 5.05. The molecule has 0 radical (unpaired) electrons. The summed E-state index contributed by atoms with van der Waals surface area (Å²) in [5.41, 5.74) is 4.21. The molecule has 2 aromatic heterocycles. The average Bonchev–Trinajstić information content (AvgIpc) is 3.44. The smallest absolute Gasteiger partial charge is 0.326 e. The van der Waals surface area contributed by atoms with Crippen LogP contribution in [0.15, 0.2) is 51.8 Å². The first-order chi connectivity index (χ1) is 14.5. The molecule has 30 heavy (non-hydrogen) atoms. The summed E-state index contributed by atoms with van der Waals surface area (Å²) in [6, 6.07) is 13.5. The number of aryl methyl sites for hydroxylation is 2. The fourth-order valence-electron chi connectivity index (χ4n) is 3.98. The number of rotatable bonds is 4. The Balaban J connectivity index is 1.40. The molecule has 1 atom stereocenters. The molecule has 152 valence electrons. The lowest BCUT2D eigenvalue weighted by atomic mass is 10.1. The van der Waals surface area contributed by atoms with Crippen LogP contribution < -0.4 is 10.6 Å². The highest BCUT2D eigenvalue weighted by atomic mass is 16.5. The van der Waals surface area contributed by atoms with Gasteiger partial charge in [0, 0.05) is 30.8 Å². The number of anilines is 1. The van der Waals surface area contributed by atoms with Crippen molar-refractivity contribution in [2.24, 2.45) is 0 Å². The van der Waals surface area contributed by atoms with Crippen molar-refractivity contribution in [2.75, 3.05) is 11.4 Å². The fraction of sp³-hybridized carbons (Fsp3) is 0.273. The van der Waals surface area contributed by atoms with Gasteiger partial charge in [0.15, 0.2) is 0 Å². The topological polar surface area (TPSA) is 97.0 Å². The van der Waals surface area contributed by atoms with Crippen molar-refractivity contribution in [1.29, 1.82) is 0 Å². The van der Waals surface area contributed by atoms with Crippen molar-refractivity contribution in [1.82, 2.24) is 19.7 Å². The monoisotopic (exact) mass is 403 g/mol. The van der Waals surface area contributed by atoms with E-state index >= 15 is 0 Å². The molecule has 4 aromatic rings. The highest BCUT2D eigenvalue weighted by molar-refractivity contribution is 5.96. The molecule has 1 amide bonds. The summed E-state index contributed by atoms with van der Waals surface area (Å²) < 4.78 is 7.17. The van der Waals surface area contributed by atoms with Crippen LogP contribution in [0.25, 0.3) is 22.4 Å². The minimum atomic E-state index is -0.148. The first-order valence-corrected chi connectivity index (χ1v) is 9.97. The molecule has 3 heterocycles. The third kappa shape index (κ3) is 3.01. The SMILES string of the molecule is CCn1c(=O)[nH]c2cc(-c3noc([C@H]4CC(=O)N(c5ccc(C)cc5)C4)n3)ccc21. The summed E-state index contributed by atoms with van der Waals surface area (Å²) in [6.07, 6.45) is 0.335. The number of imidazole rings is 1. The van der Waals surface area contributed by atoms with Gasteiger partial charge in [-0.2, -0.15) is 4.98 Å². The van der Waals surface area contributed by atoms with Crippen LogP contribution in [0, 0.1) is 6.92 Å². The number of aromatic nitrogens is 4. The third-order valence-corrected chi connectivity index (χ3v) is 5.61. The van der Waals surface area contributed by atoms with Gasteiger partial charge in [-0.1, -0.05) is 22.9 Å². The molecule has 2 aromatic carbocycles. The van der Waals surface area contributed by atoms with Crippen LogP contribution in [0.5, 0.6) is 0 Å². The van der Waals surface area contributed by atoms with E-state index < -0.39 is 0 Å². The molecule has 1 N–H and O–H groups in total. The second-order valence-electron chi connectivity index (χ2n) is 7.60.